The van der Waals surface area contributed by atoms with Crippen LogP contribution in [0.1, 0.15) is 33.1 Å². The molecule has 0 aromatic heterocycles. The molecule has 5 aliphatic rings. The quantitative estimate of drug-likeness (QED) is 0.0538. The molecular formula is C36H58O22. The maximum atomic E-state index is 12.0. The normalized spacial score (nSPS) is 46.5. The molecule has 3 heterocycles. The van der Waals surface area contributed by atoms with Crippen molar-refractivity contribution in [2.75, 3.05) is 46.8 Å². The molecule has 22 nitrogen and oxygen atoms in total. The summed E-state index contributed by atoms with van der Waals surface area (Å²) in [5.74, 6) is -6.90. The van der Waals surface area contributed by atoms with E-state index in [0.717, 1.165) is 6.08 Å². The number of rotatable bonds is 19. The summed E-state index contributed by atoms with van der Waals surface area (Å²) >= 11 is 0. The number of carboxylic acids is 2. The van der Waals surface area contributed by atoms with Crippen molar-refractivity contribution in [3.63, 3.8) is 0 Å². The van der Waals surface area contributed by atoms with Gasteiger partial charge in [-0.2, -0.15) is 0 Å². The van der Waals surface area contributed by atoms with Gasteiger partial charge in [0.15, 0.2) is 6.29 Å². The Balaban J connectivity index is 1.23. The minimum atomic E-state index is -2.13. The molecule has 20 unspecified atom stereocenters. The van der Waals surface area contributed by atoms with Crippen LogP contribution in [0.15, 0.2) is 11.8 Å². The van der Waals surface area contributed by atoms with Crippen molar-refractivity contribution in [1.82, 2.24) is 0 Å². The molecule has 2 saturated heterocycles. The van der Waals surface area contributed by atoms with E-state index in [1.807, 2.05) is 0 Å². The van der Waals surface area contributed by atoms with Crippen LogP contribution >= 0.6 is 0 Å². The Morgan fingerprint density at radius 2 is 1.60 bits per heavy atom. The first kappa shape index (κ1) is 46.9. The van der Waals surface area contributed by atoms with Crippen molar-refractivity contribution in [3.05, 3.63) is 11.8 Å². The van der Waals surface area contributed by atoms with Gasteiger partial charge in [0.2, 0.25) is 5.76 Å². The minimum Gasteiger partial charge on any atom is -0.480 e. The van der Waals surface area contributed by atoms with Gasteiger partial charge in [-0.3, -0.25) is 0 Å². The summed E-state index contributed by atoms with van der Waals surface area (Å²) in [4.78, 5) is 22.3. The van der Waals surface area contributed by atoms with E-state index in [4.69, 9.17) is 33.5 Å². The van der Waals surface area contributed by atoms with E-state index < -0.39 is 170 Å². The fourth-order valence-electron chi connectivity index (χ4n) is 9.96. The van der Waals surface area contributed by atoms with Crippen LogP contribution in [0.5, 0.6) is 0 Å². The highest BCUT2D eigenvalue weighted by Gasteiger charge is 2.83. The van der Waals surface area contributed by atoms with Crippen molar-refractivity contribution >= 4 is 11.9 Å². The highest BCUT2D eigenvalue weighted by molar-refractivity contribution is 5.84. The Bertz CT molecular complexity index is 1480. The fourth-order valence-corrected chi connectivity index (χ4v) is 9.96. The van der Waals surface area contributed by atoms with E-state index in [2.05, 4.69) is 0 Å². The first-order valence-electron chi connectivity index (χ1n) is 19.0. The van der Waals surface area contributed by atoms with Gasteiger partial charge in [0.25, 0.3) is 0 Å². The van der Waals surface area contributed by atoms with Crippen molar-refractivity contribution in [3.8, 4) is 0 Å². The summed E-state index contributed by atoms with van der Waals surface area (Å²) in [6.07, 6.45) is -20.6. The first-order valence-corrected chi connectivity index (χ1v) is 19.0. The third kappa shape index (κ3) is 8.01. The zero-order valence-corrected chi connectivity index (χ0v) is 32.2. The topological polar surface area (TPSA) is 373 Å². The number of aliphatic carboxylic acids is 2. The maximum absolute atomic E-state index is 12.0. The molecule has 2 saturated carbocycles. The number of aliphatic hydroxyl groups excluding tert-OH is 10. The van der Waals surface area contributed by atoms with Crippen LogP contribution in [0.2, 0.25) is 0 Å². The van der Waals surface area contributed by atoms with Crippen molar-refractivity contribution < 1.29 is 110 Å². The molecule has 22 heteroatoms. The second-order valence-corrected chi connectivity index (χ2v) is 16.6. The van der Waals surface area contributed by atoms with Crippen molar-refractivity contribution in [2.45, 2.75) is 124 Å². The van der Waals surface area contributed by atoms with Crippen LogP contribution in [0.25, 0.3) is 0 Å². The smallest absolute Gasteiger partial charge is 0.370 e. The summed E-state index contributed by atoms with van der Waals surface area (Å²) in [6, 6.07) is 0. The zero-order valence-electron chi connectivity index (χ0n) is 32.2. The number of aliphatic hydroxyl groups is 12. The second-order valence-electron chi connectivity index (χ2n) is 16.6. The molecule has 3 aliphatic heterocycles. The minimum absolute atomic E-state index is 0.0571. The molecule has 334 valence electrons. The molecule has 20 atom stereocenters. The van der Waals surface area contributed by atoms with E-state index in [1.54, 1.807) is 0 Å². The third-order valence-corrected chi connectivity index (χ3v) is 13.5. The van der Waals surface area contributed by atoms with Gasteiger partial charge in [0.1, 0.15) is 37.1 Å². The summed E-state index contributed by atoms with van der Waals surface area (Å²) in [6.45, 7) is 0.320. The lowest BCUT2D eigenvalue weighted by Crippen LogP contribution is -2.52. The molecule has 14 N–H and O–H groups in total. The third-order valence-electron chi connectivity index (χ3n) is 13.5. The van der Waals surface area contributed by atoms with E-state index in [0.29, 0.717) is 0 Å². The standard InChI is InChI=1S/C36H58O22/c1-33(20(9-37)53-3)29(36(33,52)8-19-24(44)15(39)6-18(57-19)31(49)50)25(45)16(40)7-35(51)30-27(47)26(46)17(58-21(10-38)34(30,35)2)4-5-54-11-14-12-55-32(28(48)23(14)43)56-13-22(41)42/h6,14-17,19-21,23-30,32,37-40,43-48,51-52H,4-5,7-13H2,1-3H3,(H,41,42)(H,49,50). The van der Waals surface area contributed by atoms with Gasteiger partial charge >= 0.3 is 11.9 Å². The van der Waals surface area contributed by atoms with Gasteiger partial charge in [-0.15, -0.1) is 0 Å². The lowest BCUT2D eigenvalue weighted by atomic mass is 9.89. The molecule has 0 amide bonds. The summed E-state index contributed by atoms with van der Waals surface area (Å²) in [5, 5.41) is 150. The molecule has 58 heavy (non-hydrogen) atoms. The van der Waals surface area contributed by atoms with E-state index >= 15 is 0 Å². The number of carbonyl (C=O) groups is 2. The van der Waals surface area contributed by atoms with Crippen molar-refractivity contribution in [2.24, 2.45) is 28.6 Å². The molecular weight excluding hydrogens is 784 g/mol. The molecule has 0 radical (unpaired) electrons. The van der Waals surface area contributed by atoms with Crippen LogP contribution in [-0.4, -0.2) is 221 Å². The van der Waals surface area contributed by atoms with Gasteiger partial charge in [0.05, 0.1) is 80.4 Å². The Morgan fingerprint density at radius 1 is 0.931 bits per heavy atom. The monoisotopic (exact) mass is 842 g/mol. The molecule has 0 spiro atoms. The second kappa shape index (κ2) is 17.6. The fraction of sp³-hybridized carbons (Fsp3) is 0.889. The summed E-state index contributed by atoms with van der Waals surface area (Å²) < 4.78 is 32.6. The van der Waals surface area contributed by atoms with Gasteiger partial charge in [-0.1, -0.05) is 13.8 Å². The summed E-state index contributed by atoms with van der Waals surface area (Å²) in [7, 11) is 1.22. The van der Waals surface area contributed by atoms with Crippen LogP contribution in [-0.2, 0) is 38.0 Å². The molecule has 0 aromatic carbocycles. The Morgan fingerprint density at radius 3 is 2.19 bits per heavy atom. The largest absolute Gasteiger partial charge is 0.480 e. The molecule has 4 fully saturated rings. The summed E-state index contributed by atoms with van der Waals surface area (Å²) in [5.41, 5.74) is -7.32. The average molecular weight is 843 g/mol. The van der Waals surface area contributed by atoms with Crippen LogP contribution < -0.4 is 0 Å². The Kier molecular flexibility index (Phi) is 14.3. The molecule has 2 aliphatic carbocycles. The number of ether oxygens (including phenoxy) is 6. The average Bonchev–Trinajstić information content (AvgIpc) is 3.89. The number of hydrogen-bond acceptors (Lipinski definition) is 20. The van der Waals surface area contributed by atoms with Crippen LogP contribution in [0.3, 0.4) is 0 Å². The van der Waals surface area contributed by atoms with E-state index in [-0.39, 0.29) is 26.2 Å². The highest BCUT2D eigenvalue weighted by Crippen LogP contribution is 2.72. The van der Waals surface area contributed by atoms with Crippen molar-refractivity contribution in [1.29, 1.82) is 0 Å². The van der Waals surface area contributed by atoms with Crippen LogP contribution in [0.4, 0.5) is 0 Å². The number of fused-ring (bicyclic) bond motifs is 1. The maximum Gasteiger partial charge on any atom is 0.370 e. The van der Waals surface area contributed by atoms with Gasteiger partial charge in [-0.05, 0) is 12.5 Å². The predicted octanol–water partition coefficient (Wildman–Crippen LogP) is -6.00. The molecule has 5 rings (SSSR count). The number of methoxy groups -OCH3 is 1. The predicted molar refractivity (Wildman–Crippen MR) is 187 cm³/mol. The Hall–Kier alpha value is -2.20. The SMILES string of the molecule is COC(CO)C1(C)C(C(O)C(O)CC2(O)C3C(O)C(O)C(CCOCC4COC(OCC(=O)O)C(O)C4O)OC(CO)C32C)C1(O)CC1OC(C(=O)O)=CC(O)C1O. The lowest BCUT2D eigenvalue weighted by Gasteiger charge is -2.37. The number of hydrogen-bond donors (Lipinski definition) is 14. The lowest BCUT2D eigenvalue weighted by molar-refractivity contribution is -0.263. The molecule has 0 bridgehead atoms. The van der Waals surface area contributed by atoms with Gasteiger partial charge in [-0.25, -0.2) is 9.59 Å². The van der Waals surface area contributed by atoms with E-state index in [9.17, 15) is 76.0 Å². The number of carboxylic acid groups (broad SMARTS) is 2. The molecule has 0 aromatic rings. The van der Waals surface area contributed by atoms with Gasteiger partial charge < -0.3 is 99.9 Å². The Labute approximate surface area is 332 Å². The zero-order chi connectivity index (χ0) is 43.3. The van der Waals surface area contributed by atoms with E-state index in [1.165, 1.54) is 21.0 Å². The van der Waals surface area contributed by atoms with Crippen LogP contribution in [0, 0.1) is 28.6 Å². The highest BCUT2D eigenvalue weighted by atomic mass is 16.7. The van der Waals surface area contributed by atoms with Gasteiger partial charge in [0, 0.05) is 55.1 Å². The first-order chi connectivity index (χ1) is 27.1.